The zero-order valence-electron chi connectivity index (χ0n) is 11.9. The molecular formula is C15H17Br2IN2O. The van der Waals surface area contributed by atoms with E-state index in [1.54, 1.807) is 0 Å². The second-order valence-corrected chi connectivity index (χ2v) is 7.66. The van der Waals surface area contributed by atoms with Gasteiger partial charge >= 0.3 is 0 Å². The predicted molar refractivity (Wildman–Crippen MR) is 101 cm³/mol. The van der Waals surface area contributed by atoms with Crippen LogP contribution in [0.25, 0.3) is 0 Å². The molecule has 0 bridgehead atoms. The first kappa shape index (κ1) is 17.4. The minimum Gasteiger partial charge on any atom is -0.388 e. The first-order valence-corrected chi connectivity index (χ1v) is 9.51. The Morgan fingerprint density at radius 2 is 2.05 bits per heavy atom. The third-order valence-corrected chi connectivity index (χ3v) is 5.71. The lowest BCUT2D eigenvalue weighted by Crippen LogP contribution is -2.09. The molecule has 0 saturated heterocycles. The number of hydrogen-bond donors (Lipinski definition) is 1. The molecule has 114 valence electrons. The molecule has 1 atom stereocenters. The molecule has 1 heterocycles. The Morgan fingerprint density at radius 1 is 1.33 bits per heavy atom. The smallest absolute Gasteiger partial charge is 0.0857 e. The Morgan fingerprint density at radius 3 is 2.67 bits per heavy atom. The predicted octanol–water partition coefficient (Wildman–Crippen LogP) is 4.87. The van der Waals surface area contributed by atoms with E-state index < -0.39 is 6.10 Å². The maximum atomic E-state index is 10.6. The monoisotopic (exact) mass is 526 g/mol. The SMILES string of the molecule is CCc1nn(CC)c(CC(O)c2cc(I)ccc2Br)c1Br. The molecule has 0 aliphatic carbocycles. The number of aliphatic hydroxyl groups is 1. The topological polar surface area (TPSA) is 38.0 Å². The normalized spacial score (nSPS) is 12.7. The lowest BCUT2D eigenvalue weighted by atomic mass is 10.0. The van der Waals surface area contributed by atoms with Crippen molar-refractivity contribution in [2.75, 3.05) is 0 Å². The molecule has 0 amide bonds. The van der Waals surface area contributed by atoms with Gasteiger partial charge < -0.3 is 5.11 Å². The Kier molecular flexibility index (Phi) is 6.28. The molecule has 1 aromatic carbocycles. The number of benzene rings is 1. The number of rotatable bonds is 5. The van der Waals surface area contributed by atoms with Crippen LogP contribution in [0.15, 0.2) is 27.1 Å². The van der Waals surface area contributed by atoms with Gasteiger partial charge in [-0.3, -0.25) is 4.68 Å². The van der Waals surface area contributed by atoms with Crippen LogP contribution in [0.4, 0.5) is 0 Å². The second kappa shape index (κ2) is 7.57. The van der Waals surface area contributed by atoms with Crippen LogP contribution < -0.4 is 0 Å². The first-order chi connectivity index (χ1) is 9.97. The molecule has 2 aromatic rings. The molecule has 3 nitrogen and oxygen atoms in total. The van der Waals surface area contributed by atoms with Gasteiger partial charge in [-0.25, -0.2) is 0 Å². The van der Waals surface area contributed by atoms with Gasteiger partial charge in [0.15, 0.2) is 0 Å². The van der Waals surface area contributed by atoms with Gasteiger partial charge in [0.1, 0.15) is 0 Å². The average molecular weight is 528 g/mol. The van der Waals surface area contributed by atoms with Crippen LogP contribution in [0.3, 0.4) is 0 Å². The third kappa shape index (κ3) is 3.89. The lowest BCUT2D eigenvalue weighted by Gasteiger charge is -2.14. The summed E-state index contributed by atoms with van der Waals surface area (Å²) in [7, 11) is 0. The van der Waals surface area contributed by atoms with Crippen LogP contribution in [-0.4, -0.2) is 14.9 Å². The van der Waals surface area contributed by atoms with Crippen molar-refractivity contribution in [1.29, 1.82) is 0 Å². The van der Waals surface area contributed by atoms with E-state index in [-0.39, 0.29) is 0 Å². The highest BCUT2D eigenvalue weighted by atomic mass is 127. The van der Waals surface area contributed by atoms with Gasteiger partial charge in [-0.15, -0.1) is 0 Å². The van der Waals surface area contributed by atoms with Crippen LogP contribution in [0.5, 0.6) is 0 Å². The Bertz CT molecular complexity index is 643. The number of aryl methyl sites for hydroxylation is 2. The van der Waals surface area contributed by atoms with Gasteiger partial charge in [0.25, 0.3) is 0 Å². The van der Waals surface area contributed by atoms with Crippen molar-refractivity contribution in [2.24, 2.45) is 0 Å². The largest absolute Gasteiger partial charge is 0.388 e. The van der Waals surface area contributed by atoms with E-state index in [1.807, 2.05) is 22.9 Å². The number of halogens is 3. The van der Waals surface area contributed by atoms with E-state index in [0.717, 1.165) is 42.4 Å². The van der Waals surface area contributed by atoms with Crippen molar-refractivity contribution in [3.8, 4) is 0 Å². The number of nitrogens with zero attached hydrogens (tertiary/aromatic N) is 2. The fourth-order valence-corrected chi connectivity index (χ4v) is 4.03. The van der Waals surface area contributed by atoms with Gasteiger partial charge in [-0.2, -0.15) is 5.10 Å². The van der Waals surface area contributed by atoms with Crippen molar-refractivity contribution in [3.05, 3.63) is 47.7 Å². The summed E-state index contributed by atoms with van der Waals surface area (Å²) in [6.45, 7) is 4.95. The third-order valence-electron chi connectivity index (χ3n) is 3.40. The highest BCUT2D eigenvalue weighted by molar-refractivity contribution is 14.1. The fraction of sp³-hybridized carbons (Fsp3) is 0.400. The average Bonchev–Trinajstić information content (AvgIpc) is 2.77. The summed E-state index contributed by atoms with van der Waals surface area (Å²) in [4.78, 5) is 0. The summed E-state index contributed by atoms with van der Waals surface area (Å²) in [6, 6.07) is 6.00. The molecule has 0 spiro atoms. The maximum Gasteiger partial charge on any atom is 0.0857 e. The molecule has 0 fully saturated rings. The van der Waals surface area contributed by atoms with E-state index in [9.17, 15) is 5.11 Å². The van der Waals surface area contributed by atoms with Gasteiger partial charge in [-0.05, 0) is 75.6 Å². The van der Waals surface area contributed by atoms with Crippen molar-refractivity contribution in [3.63, 3.8) is 0 Å². The molecule has 1 aromatic heterocycles. The van der Waals surface area contributed by atoms with Crippen LogP contribution >= 0.6 is 54.5 Å². The summed E-state index contributed by atoms with van der Waals surface area (Å²) >= 11 is 9.41. The number of hydrogen-bond acceptors (Lipinski definition) is 2. The van der Waals surface area contributed by atoms with Crippen LogP contribution in [0.2, 0.25) is 0 Å². The van der Waals surface area contributed by atoms with Gasteiger partial charge in [0.2, 0.25) is 0 Å². The standard InChI is InChI=1S/C15H17Br2IN2O/c1-3-12-15(17)13(20(4-2)19-12)8-14(21)10-7-9(18)5-6-11(10)16/h5-7,14,21H,3-4,8H2,1-2H3. The minimum atomic E-state index is -0.558. The summed E-state index contributed by atoms with van der Waals surface area (Å²) < 4.78 is 5.04. The second-order valence-electron chi connectivity index (χ2n) is 4.76. The summed E-state index contributed by atoms with van der Waals surface area (Å²) in [5.74, 6) is 0. The Balaban J connectivity index is 2.33. The molecule has 0 radical (unpaired) electrons. The zero-order chi connectivity index (χ0) is 15.6. The first-order valence-electron chi connectivity index (χ1n) is 6.84. The van der Waals surface area contributed by atoms with E-state index in [4.69, 9.17) is 0 Å². The Hall–Kier alpha value is 0.0800. The van der Waals surface area contributed by atoms with Crippen molar-refractivity contribution in [1.82, 2.24) is 9.78 Å². The minimum absolute atomic E-state index is 0.542. The summed E-state index contributed by atoms with van der Waals surface area (Å²) in [5.41, 5.74) is 3.00. The molecule has 1 N–H and O–H groups in total. The maximum absolute atomic E-state index is 10.6. The number of aliphatic hydroxyl groups excluding tert-OH is 1. The molecule has 2 rings (SSSR count). The highest BCUT2D eigenvalue weighted by Crippen LogP contribution is 2.31. The van der Waals surface area contributed by atoms with Crippen LogP contribution in [0.1, 0.15) is 36.9 Å². The van der Waals surface area contributed by atoms with E-state index in [2.05, 4.69) is 73.4 Å². The fourth-order valence-electron chi connectivity index (χ4n) is 2.28. The molecule has 21 heavy (non-hydrogen) atoms. The molecule has 6 heteroatoms. The highest BCUT2D eigenvalue weighted by Gasteiger charge is 2.19. The van der Waals surface area contributed by atoms with E-state index in [0.29, 0.717) is 6.42 Å². The van der Waals surface area contributed by atoms with Gasteiger partial charge in [-0.1, -0.05) is 22.9 Å². The van der Waals surface area contributed by atoms with Crippen molar-refractivity contribution < 1.29 is 5.11 Å². The quantitative estimate of drug-likeness (QED) is 0.563. The molecule has 0 aliphatic heterocycles. The molecule has 0 aliphatic rings. The number of aromatic nitrogens is 2. The van der Waals surface area contributed by atoms with E-state index >= 15 is 0 Å². The van der Waals surface area contributed by atoms with E-state index in [1.165, 1.54) is 0 Å². The van der Waals surface area contributed by atoms with Crippen molar-refractivity contribution in [2.45, 2.75) is 39.3 Å². The lowest BCUT2D eigenvalue weighted by molar-refractivity contribution is 0.174. The van der Waals surface area contributed by atoms with Crippen LogP contribution in [-0.2, 0) is 19.4 Å². The molecular weight excluding hydrogens is 511 g/mol. The summed E-state index contributed by atoms with van der Waals surface area (Å²) in [6.07, 6.45) is 0.862. The Labute approximate surface area is 155 Å². The van der Waals surface area contributed by atoms with Gasteiger partial charge in [0.05, 0.1) is 22.0 Å². The summed E-state index contributed by atoms with van der Waals surface area (Å²) in [5, 5.41) is 15.2. The molecule has 1 unspecified atom stereocenters. The van der Waals surface area contributed by atoms with Crippen molar-refractivity contribution >= 4 is 54.5 Å². The zero-order valence-corrected chi connectivity index (χ0v) is 17.2. The van der Waals surface area contributed by atoms with Gasteiger partial charge in [0, 0.05) is 21.0 Å². The van der Waals surface area contributed by atoms with Crippen LogP contribution in [0, 0.1) is 3.57 Å². The molecule has 0 saturated carbocycles.